The Kier molecular flexibility index (Phi) is 9.02. The van der Waals surface area contributed by atoms with Gasteiger partial charge in [0.15, 0.2) is 11.5 Å². The lowest BCUT2D eigenvalue weighted by molar-refractivity contribution is -0.129. The van der Waals surface area contributed by atoms with Crippen LogP contribution in [0.5, 0.6) is 11.5 Å². The molecule has 7 nitrogen and oxygen atoms in total. The van der Waals surface area contributed by atoms with Crippen molar-refractivity contribution in [3.8, 4) is 17.6 Å². The van der Waals surface area contributed by atoms with E-state index in [4.69, 9.17) is 14.2 Å². The second-order valence-corrected chi connectivity index (χ2v) is 6.49. The smallest absolute Gasteiger partial charge is 0.336 e. The van der Waals surface area contributed by atoms with Gasteiger partial charge in [-0.15, -0.1) is 0 Å². The highest BCUT2D eigenvalue weighted by Gasteiger charge is 2.12. The number of rotatable bonds is 9. The van der Waals surface area contributed by atoms with E-state index in [0.29, 0.717) is 24.5 Å². The van der Waals surface area contributed by atoms with Gasteiger partial charge in [-0.1, -0.05) is 35.9 Å². The zero-order chi connectivity index (χ0) is 22.6. The lowest BCUT2D eigenvalue weighted by Crippen LogP contribution is -2.27. The number of hydrogen-bond acceptors (Lipinski definition) is 6. The molecule has 0 unspecified atom stereocenters. The summed E-state index contributed by atoms with van der Waals surface area (Å²) in [5.74, 6) is -0.545. The number of hydrogen-bond donors (Lipinski definition) is 1. The number of methoxy groups -OCH3 is 2. The second kappa shape index (κ2) is 12.0. The number of nitriles is 1. The van der Waals surface area contributed by atoms with Gasteiger partial charge in [0.2, 0.25) is 0 Å². The molecule has 160 valence electrons. The van der Waals surface area contributed by atoms with Gasteiger partial charge in [-0.2, -0.15) is 5.26 Å². The molecule has 0 bridgehead atoms. The van der Waals surface area contributed by atoms with Crippen LogP contribution in [0.2, 0.25) is 0 Å². The van der Waals surface area contributed by atoms with Gasteiger partial charge >= 0.3 is 5.97 Å². The van der Waals surface area contributed by atoms with E-state index < -0.39 is 11.9 Å². The van der Waals surface area contributed by atoms with Crippen LogP contribution in [0.15, 0.2) is 54.1 Å². The molecular formula is C24H24N2O5. The summed E-state index contributed by atoms with van der Waals surface area (Å²) in [7, 11) is 2.96. The first-order valence-electron chi connectivity index (χ1n) is 9.50. The van der Waals surface area contributed by atoms with Crippen molar-refractivity contribution in [2.75, 3.05) is 27.4 Å². The maximum Gasteiger partial charge on any atom is 0.336 e. The van der Waals surface area contributed by atoms with E-state index in [1.54, 1.807) is 24.3 Å². The van der Waals surface area contributed by atoms with Gasteiger partial charge in [-0.05, 0) is 42.3 Å². The van der Waals surface area contributed by atoms with Crippen LogP contribution >= 0.6 is 0 Å². The predicted molar refractivity (Wildman–Crippen MR) is 117 cm³/mol. The zero-order valence-electron chi connectivity index (χ0n) is 17.7. The van der Waals surface area contributed by atoms with Crippen molar-refractivity contribution in [1.82, 2.24) is 5.32 Å². The minimum atomic E-state index is -0.558. The van der Waals surface area contributed by atoms with Crippen LogP contribution < -0.4 is 14.8 Å². The molecule has 0 aliphatic rings. The molecule has 0 atom stereocenters. The molecule has 31 heavy (non-hydrogen) atoms. The van der Waals surface area contributed by atoms with Crippen LogP contribution in [0.3, 0.4) is 0 Å². The Hall–Kier alpha value is -3.89. The number of nitrogens with zero attached hydrogens (tertiary/aromatic N) is 1. The molecule has 2 rings (SSSR count). The highest BCUT2D eigenvalue weighted by atomic mass is 16.6. The van der Waals surface area contributed by atoms with Gasteiger partial charge < -0.3 is 19.5 Å². The number of carbonyl (C=O) groups is 2. The maximum atomic E-state index is 12.2. The predicted octanol–water partition coefficient (Wildman–Crippen LogP) is 3.29. The number of ether oxygens (including phenoxy) is 3. The highest BCUT2D eigenvalue weighted by molar-refractivity contribution is 6.01. The third-order valence-electron chi connectivity index (χ3n) is 4.16. The number of esters is 1. The largest absolute Gasteiger partial charge is 0.493 e. The Morgan fingerprint density at radius 2 is 1.77 bits per heavy atom. The zero-order valence-corrected chi connectivity index (χ0v) is 17.7. The lowest BCUT2D eigenvalue weighted by Gasteiger charge is -2.09. The molecular weight excluding hydrogens is 396 g/mol. The minimum absolute atomic E-state index is 0.0658. The average molecular weight is 420 g/mol. The van der Waals surface area contributed by atoms with Gasteiger partial charge in [0.25, 0.3) is 5.91 Å². The van der Waals surface area contributed by atoms with Crippen LogP contribution in [0, 0.1) is 18.3 Å². The van der Waals surface area contributed by atoms with Crippen molar-refractivity contribution < 1.29 is 23.8 Å². The number of amides is 1. The van der Waals surface area contributed by atoms with Crippen molar-refractivity contribution in [2.24, 2.45) is 0 Å². The Balaban J connectivity index is 2.11. The van der Waals surface area contributed by atoms with Gasteiger partial charge in [-0.25, -0.2) is 4.79 Å². The molecule has 2 aromatic carbocycles. The topological polar surface area (TPSA) is 97.6 Å². The summed E-state index contributed by atoms with van der Waals surface area (Å²) >= 11 is 0. The monoisotopic (exact) mass is 420 g/mol. The van der Waals surface area contributed by atoms with Crippen molar-refractivity contribution in [2.45, 2.75) is 6.92 Å². The first kappa shape index (κ1) is 23.4. The molecule has 0 aliphatic carbocycles. The summed E-state index contributed by atoms with van der Waals surface area (Å²) in [6.07, 6.45) is 4.41. The van der Waals surface area contributed by atoms with Crippen LogP contribution in [0.25, 0.3) is 12.2 Å². The molecule has 0 saturated heterocycles. The van der Waals surface area contributed by atoms with E-state index in [1.165, 1.54) is 26.4 Å². The Bertz CT molecular complexity index is 1020. The molecule has 0 heterocycles. The van der Waals surface area contributed by atoms with Gasteiger partial charge in [0, 0.05) is 19.7 Å². The van der Waals surface area contributed by atoms with E-state index in [9.17, 15) is 14.9 Å². The summed E-state index contributed by atoms with van der Waals surface area (Å²) in [4.78, 5) is 24.2. The van der Waals surface area contributed by atoms with Gasteiger partial charge in [0.1, 0.15) is 11.6 Å². The Morgan fingerprint density at radius 1 is 1.06 bits per heavy atom. The van der Waals surface area contributed by atoms with E-state index in [0.717, 1.165) is 11.1 Å². The number of benzene rings is 2. The summed E-state index contributed by atoms with van der Waals surface area (Å²) < 4.78 is 15.5. The van der Waals surface area contributed by atoms with Crippen LogP contribution in [0.4, 0.5) is 0 Å². The summed E-state index contributed by atoms with van der Waals surface area (Å²) in [5.41, 5.74) is 2.49. The normalized spacial score (nSPS) is 11.1. The van der Waals surface area contributed by atoms with E-state index in [1.807, 2.05) is 37.3 Å². The third-order valence-corrected chi connectivity index (χ3v) is 4.16. The first-order chi connectivity index (χ1) is 15.0. The van der Waals surface area contributed by atoms with E-state index in [2.05, 4.69) is 5.32 Å². The molecule has 2 aromatic rings. The fourth-order valence-corrected chi connectivity index (χ4v) is 2.52. The summed E-state index contributed by atoms with van der Waals surface area (Å²) in [6.45, 7) is 2.62. The Morgan fingerprint density at radius 3 is 2.42 bits per heavy atom. The molecule has 1 amide bonds. The van der Waals surface area contributed by atoms with Crippen LogP contribution in [-0.2, 0) is 14.3 Å². The highest BCUT2D eigenvalue weighted by Crippen LogP contribution is 2.29. The summed E-state index contributed by atoms with van der Waals surface area (Å²) in [6, 6.07) is 14.3. The molecule has 0 aromatic heterocycles. The van der Waals surface area contributed by atoms with E-state index in [-0.39, 0.29) is 11.3 Å². The fraction of sp³-hybridized carbons (Fsp3) is 0.208. The minimum Gasteiger partial charge on any atom is -0.493 e. The molecule has 7 heteroatoms. The van der Waals surface area contributed by atoms with E-state index >= 15 is 0 Å². The van der Waals surface area contributed by atoms with Crippen LogP contribution in [0.1, 0.15) is 16.7 Å². The third kappa shape index (κ3) is 7.46. The molecule has 0 fully saturated rings. The average Bonchev–Trinajstić information content (AvgIpc) is 2.78. The molecule has 0 spiro atoms. The van der Waals surface area contributed by atoms with Crippen molar-refractivity contribution in [3.63, 3.8) is 0 Å². The lowest BCUT2D eigenvalue weighted by atomic mass is 10.1. The molecule has 0 saturated carbocycles. The fourth-order valence-electron chi connectivity index (χ4n) is 2.52. The summed E-state index contributed by atoms with van der Waals surface area (Å²) in [5, 5.41) is 11.9. The van der Waals surface area contributed by atoms with Crippen molar-refractivity contribution >= 4 is 24.0 Å². The second-order valence-electron chi connectivity index (χ2n) is 6.49. The van der Waals surface area contributed by atoms with Crippen molar-refractivity contribution in [3.05, 3.63) is 70.8 Å². The first-order valence-corrected chi connectivity index (χ1v) is 9.50. The molecule has 0 aliphatic heterocycles. The maximum absolute atomic E-state index is 12.2. The standard InChI is InChI=1S/C24H24N2O5/c1-17-4-6-18(7-5-17)9-11-23(27)31-21-10-8-19(15-22(21)30-3)14-20(16-25)24(28)26-12-13-29-2/h4-11,14-15H,12-13H2,1-3H3,(H,26,28). The Labute approximate surface area is 181 Å². The quantitative estimate of drug-likeness (QED) is 0.220. The number of nitrogens with one attached hydrogen (secondary N) is 1. The molecule has 0 radical (unpaired) electrons. The number of aryl methyl sites for hydroxylation is 1. The number of carbonyl (C=O) groups excluding carboxylic acids is 2. The van der Waals surface area contributed by atoms with Gasteiger partial charge in [-0.3, -0.25) is 4.79 Å². The SMILES string of the molecule is COCCNC(=O)C(C#N)=Cc1ccc(OC(=O)C=Cc2ccc(C)cc2)c(OC)c1. The van der Waals surface area contributed by atoms with Gasteiger partial charge in [0.05, 0.1) is 13.7 Å². The van der Waals surface area contributed by atoms with Crippen molar-refractivity contribution in [1.29, 1.82) is 5.26 Å². The van der Waals surface area contributed by atoms with Crippen LogP contribution in [-0.4, -0.2) is 39.2 Å². The molecule has 1 N–H and O–H groups in total.